The highest BCUT2D eigenvalue weighted by molar-refractivity contribution is 5.93. The fourth-order valence-corrected chi connectivity index (χ4v) is 2.81. The van der Waals surface area contributed by atoms with E-state index in [-0.39, 0.29) is 11.4 Å². The average molecular weight is 268 g/mol. The minimum atomic E-state index is -1.11. The highest BCUT2D eigenvalue weighted by Gasteiger charge is 2.36. The van der Waals surface area contributed by atoms with Crippen LogP contribution in [0.1, 0.15) is 32.6 Å². The summed E-state index contributed by atoms with van der Waals surface area (Å²) >= 11 is 0. The molecule has 0 saturated heterocycles. The molecule has 2 unspecified atom stereocenters. The van der Waals surface area contributed by atoms with Crippen molar-refractivity contribution in [2.45, 2.75) is 38.1 Å². The minimum absolute atomic E-state index is 0.00953. The van der Waals surface area contributed by atoms with Gasteiger partial charge in [-0.1, -0.05) is 19.8 Å². The van der Waals surface area contributed by atoms with Crippen LogP contribution in [0.15, 0.2) is 12.2 Å². The van der Waals surface area contributed by atoms with Crippen molar-refractivity contribution in [3.05, 3.63) is 12.2 Å². The average Bonchev–Trinajstić information content (AvgIpc) is 2.33. The minimum Gasteiger partial charge on any atom is -0.478 e. The zero-order chi connectivity index (χ0) is 14.5. The maximum atomic E-state index is 11.6. The molecule has 1 fully saturated rings. The molecule has 1 saturated carbocycles. The van der Waals surface area contributed by atoms with Crippen LogP contribution in [0.4, 0.5) is 0 Å². The van der Waals surface area contributed by atoms with E-state index in [1.165, 1.54) is 12.8 Å². The van der Waals surface area contributed by atoms with Gasteiger partial charge >= 0.3 is 5.97 Å². The molecule has 19 heavy (non-hydrogen) atoms. The van der Waals surface area contributed by atoms with Gasteiger partial charge in [-0.15, -0.1) is 0 Å². The second kappa shape index (κ2) is 6.70. The number of hydrogen-bond acceptors (Lipinski definition) is 3. The predicted octanol–water partition coefficient (Wildman–Crippen LogP) is 1.25. The molecule has 0 aromatic rings. The molecule has 2 atom stereocenters. The van der Waals surface area contributed by atoms with E-state index in [1.54, 1.807) is 0 Å². The van der Waals surface area contributed by atoms with Crippen LogP contribution in [0.25, 0.3) is 0 Å². The zero-order valence-electron chi connectivity index (χ0n) is 12.0. The number of carbonyl (C=O) groups excluding carboxylic acids is 1. The van der Waals surface area contributed by atoms with E-state index in [4.69, 9.17) is 5.11 Å². The van der Waals surface area contributed by atoms with Crippen molar-refractivity contribution in [1.82, 2.24) is 10.2 Å². The number of hydrogen-bond donors (Lipinski definition) is 2. The lowest BCUT2D eigenvalue weighted by molar-refractivity contribution is -0.131. The first-order chi connectivity index (χ1) is 8.85. The molecule has 0 spiro atoms. The van der Waals surface area contributed by atoms with E-state index in [0.717, 1.165) is 25.0 Å². The van der Waals surface area contributed by atoms with Crippen molar-refractivity contribution in [3.8, 4) is 0 Å². The Balaban J connectivity index is 2.60. The molecule has 1 amide bonds. The zero-order valence-corrected chi connectivity index (χ0v) is 12.0. The van der Waals surface area contributed by atoms with Gasteiger partial charge in [-0.3, -0.25) is 4.79 Å². The van der Waals surface area contributed by atoms with E-state index in [1.807, 2.05) is 14.1 Å². The monoisotopic (exact) mass is 268 g/mol. The van der Waals surface area contributed by atoms with Gasteiger partial charge in [0.05, 0.1) is 0 Å². The SMILES string of the molecule is CC1CCCC(CNC(=O)C=CC(=O)O)(N(C)C)C1. The van der Waals surface area contributed by atoms with Crippen LogP contribution in [-0.4, -0.2) is 48.1 Å². The molecule has 1 aliphatic carbocycles. The topological polar surface area (TPSA) is 69.6 Å². The van der Waals surface area contributed by atoms with E-state index < -0.39 is 5.97 Å². The van der Waals surface area contributed by atoms with Gasteiger partial charge in [0.25, 0.3) is 0 Å². The highest BCUT2D eigenvalue weighted by Crippen LogP contribution is 2.35. The summed E-state index contributed by atoms with van der Waals surface area (Å²) in [5.41, 5.74) is -0.00953. The Hall–Kier alpha value is -1.36. The third-order valence-electron chi connectivity index (χ3n) is 3.99. The van der Waals surface area contributed by atoms with Crippen molar-refractivity contribution in [2.24, 2.45) is 5.92 Å². The predicted molar refractivity (Wildman–Crippen MR) is 73.8 cm³/mol. The molecule has 2 N–H and O–H groups in total. The molecule has 0 bridgehead atoms. The van der Waals surface area contributed by atoms with Gasteiger partial charge in [0.2, 0.25) is 5.91 Å². The quantitative estimate of drug-likeness (QED) is 0.736. The second-order valence-electron chi connectivity index (χ2n) is 5.71. The molecule has 0 aromatic carbocycles. The number of carbonyl (C=O) groups is 2. The number of carboxylic acid groups (broad SMARTS) is 1. The molecule has 1 rings (SSSR count). The standard InChI is InChI=1S/C14H24N2O3/c1-11-5-4-8-14(9-11,16(2)3)10-15-12(17)6-7-13(18)19/h6-7,11H,4-5,8-10H2,1-3H3,(H,15,17)(H,18,19). The number of carboxylic acids is 1. The lowest BCUT2D eigenvalue weighted by Gasteiger charge is -2.45. The van der Waals surface area contributed by atoms with Gasteiger partial charge < -0.3 is 15.3 Å². The summed E-state index contributed by atoms with van der Waals surface area (Å²) < 4.78 is 0. The van der Waals surface area contributed by atoms with E-state index in [0.29, 0.717) is 12.5 Å². The van der Waals surface area contributed by atoms with Crippen molar-refractivity contribution < 1.29 is 14.7 Å². The Kier molecular flexibility index (Phi) is 5.54. The Morgan fingerprint density at radius 1 is 1.42 bits per heavy atom. The summed E-state index contributed by atoms with van der Waals surface area (Å²) in [4.78, 5) is 24.1. The summed E-state index contributed by atoms with van der Waals surface area (Å²) in [5, 5.41) is 11.3. The summed E-state index contributed by atoms with van der Waals surface area (Å²) in [7, 11) is 4.08. The summed E-state index contributed by atoms with van der Waals surface area (Å²) in [5.74, 6) is -0.798. The largest absolute Gasteiger partial charge is 0.478 e. The van der Waals surface area contributed by atoms with Crippen molar-refractivity contribution >= 4 is 11.9 Å². The van der Waals surface area contributed by atoms with Gasteiger partial charge in [-0.2, -0.15) is 0 Å². The van der Waals surface area contributed by atoms with E-state index >= 15 is 0 Å². The van der Waals surface area contributed by atoms with Crippen LogP contribution in [0.5, 0.6) is 0 Å². The van der Waals surface area contributed by atoms with Gasteiger partial charge in [0, 0.05) is 24.2 Å². The molecule has 5 heteroatoms. The number of nitrogens with one attached hydrogen (secondary N) is 1. The molecule has 1 aliphatic rings. The lowest BCUT2D eigenvalue weighted by Crippen LogP contribution is -2.54. The van der Waals surface area contributed by atoms with Gasteiger partial charge in [-0.05, 0) is 32.9 Å². The van der Waals surface area contributed by atoms with Crippen LogP contribution in [0, 0.1) is 5.92 Å². The summed E-state index contributed by atoms with van der Waals surface area (Å²) in [6, 6.07) is 0. The lowest BCUT2D eigenvalue weighted by atomic mass is 9.75. The number of rotatable bonds is 5. The molecular weight excluding hydrogens is 244 g/mol. The number of aliphatic carboxylic acids is 1. The Morgan fingerprint density at radius 3 is 2.63 bits per heavy atom. The molecule has 5 nitrogen and oxygen atoms in total. The highest BCUT2D eigenvalue weighted by atomic mass is 16.4. The maximum absolute atomic E-state index is 11.6. The van der Waals surface area contributed by atoms with Crippen LogP contribution in [0.2, 0.25) is 0 Å². The Bertz CT molecular complexity index is 366. The molecule has 0 radical (unpaired) electrons. The van der Waals surface area contributed by atoms with Crippen molar-refractivity contribution in [2.75, 3.05) is 20.6 Å². The molecule has 0 aromatic heterocycles. The third-order valence-corrected chi connectivity index (χ3v) is 3.99. The number of nitrogens with zero attached hydrogens (tertiary/aromatic N) is 1. The smallest absolute Gasteiger partial charge is 0.328 e. The second-order valence-corrected chi connectivity index (χ2v) is 5.71. The molecule has 0 aliphatic heterocycles. The fraction of sp³-hybridized carbons (Fsp3) is 0.714. The van der Waals surface area contributed by atoms with Crippen molar-refractivity contribution in [3.63, 3.8) is 0 Å². The molecular formula is C14H24N2O3. The number of likely N-dealkylation sites (N-methyl/N-ethyl adjacent to an activating group) is 1. The molecule has 108 valence electrons. The Labute approximate surface area is 114 Å². The van der Waals surface area contributed by atoms with E-state index in [9.17, 15) is 9.59 Å². The van der Waals surface area contributed by atoms with Gasteiger partial charge in [0.1, 0.15) is 0 Å². The van der Waals surface area contributed by atoms with Gasteiger partial charge in [-0.25, -0.2) is 4.79 Å². The van der Waals surface area contributed by atoms with E-state index in [2.05, 4.69) is 17.1 Å². The Morgan fingerprint density at radius 2 is 2.11 bits per heavy atom. The first-order valence-electron chi connectivity index (χ1n) is 6.72. The van der Waals surface area contributed by atoms with Crippen molar-refractivity contribution in [1.29, 1.82) is 0 Å². The number of amides is 1. The van der Waals surface area contributed by atoms with Crippen LogP contribution in [-0.2, 0) is 9.59 Å². The summed E-state index contributed by atoms with van der Waals surface area (Å²) in [6.45, 7) is 2.80. The molecule has 0 heterocycles. The first kappa shape index (κ1) is 15.7. The normalized spacial score (nSPS) is 27.7. The third kappa shape index (κ3) is 4.67. The fourth-order valence-electron chi connectivity index (χ4n) is 2.81. The van der Waals surface area contributed by atoms with Crippen LogP contribution in [0.3, 0.4) is 0 Å². The first-order valence-corrected chi connectivity index (χ1v) is 6.72. The van der Waals surface area contributed by atoms with Gasteiger partial charge in [0.15, 0.2) is 0 Å². The van der Waals surface area contributed by atoms with Crippen LogP contribution >= 0.6 is 0 Å². The van der Waals surface area contributed by atoms with Crippen LogP contribution < -0.4 is 5.32 Å². The maximum Gasteiger partial charge on any atom is 0.328 e. The summed E-state index contributed by atoms with van der Waals surface area (Å²) in [6.07, 6.45) is 6.46.